The Bertz CT molecular complexity index is 1340. The van der Waals surface area contributed by atoms with E-state index in [1.165, 1.54) is 7.11 Å². The molecule has 0 amide bonds. The molecule has 4 aromatic carbocycles. The van der Waals surface area contributed by atoms with Crippen molar-refractivity contribution in [1.29, 1.82) is 0 Å². The second-order valence-corrected chi connectivity index (χ2v) is 10.1. The zero-order valence-electron chi connectivity index (χ0n) is 15.8. The van der Waals surface area contributed by atoms with Crippen LogP contribution >= 0.6 is 45.2 Å². The lowest BCUT2D eigenvalue weighted by atomic mass is 9.93. The third-order valence-corrected chi connectivity index (χ3v) is 7.78. The van der Waals surface area contributed by atoms with Gasteiger partial charge in [-0.3, -0.25) is 4.18 Å². The fraction of sp³-hybridized carbons (Fsp3) is 0.0909. The predicted octanol–water partition coefficient (Wildman–Crippen LogP) is 7.44. The van der Waals surface area contributed by atoms with Crippen molar-refractivity contribution >= 4 is 77.8 Å². The van der Waals surface area contributed by atoms with Gasteiger partial charge in [-0.1, -0.05) is 48.5 Å². The highest BCUT2D eigenvalue weighted by Gasteiger charge is 2.35. The summed E-state index contributed by atoms with van der Waals surface area (Å²) in [6, 6.07) is 17.9. The van der Waals surface area contributed by atoms with Crippen molar-refractivity contribution in [3.8, 4) is 16.9 Å². The van der Waals surface area contributed by atoms with E-state index in [2.05, 4.69) is 4.74 Å². The zero-order chi connectivity index (χ0) is 22.3. The molecule has 9 heteroatoms. The molecule has 0 aliphatic rings. The molecule has 0 saturated carbocycles. The molecule has 0 radical (unpaired) electrons. The Morgan fingerprint density at radius 2 is 1.35 bits per heavy atom. The van der Waals surface area contributed by atoms with Crippen LogP contribution in [0.5, 0.6) is 5.75 Å². The van der Waals surface area contributed by atoms with Gasteiger partial charge in [-0.15, -0.1) is 13.2 Å². The Hall–Kier alpha value is -1.44. The first-order valence-electron chi connectivity index (χ1n) is 8.86. The molecule has 0 aliphatic carbocycles. The van der Waals surface area contributed by atoms with E-state index in [-0.39, 0.29) is 11.3 Å². The van der Waals surface area contributed by atoms with Gasteiger partial charge in [0.25, 0.3) is 0 Å². The number of benzene rings is 4. The number of alkyl halides is 3. The van der Waals surface area contributed by atoms with Crippen LogP contribution in [0, 0.1) is 7.14 Å². The van der Waals surface area contributed by atoms with Crippen LogP contribution in [0.15, 0.2) is 65.6 Å². The second-order valence-electron chi connectivity index (χ2n) is 6.52. The lowest BCUT2D eigenvalue weighted by molar-refractivity contribution is -0.274. The highest BCUT2D eigenvalue weighted by atomic mass is 127. The van der Waals surface area contributed by atoms with E-state index in [1.807, 2.05) is 75.5 Å². The summed E-state index contributed by atoms with van der Waals surface area (Å²) in [4.78, 5) is 0.306. The molecule has 0 heterocycles. The van der Waals surface area contributed by atoms with E-state index in [0.717, 1.165) is 10.8 Å². The minimum atomic E-state index is -4.89. The van der Waals surface area contributed by atoms with Gasteiger partial charge < -0.3 is 4.74 Å². The van der Waals surface area contributed by atoms with Crippen molar-refractivity contribution in [3.63, 3.8) is 0 Å². The fourth-order valence-corrected chi connectivity index (χ4v) is 6.17. The van der Waals surface area contributed by atoms with Gasteiger partial charge in [0.15, 0.2) is 16.8 Å². The lowest BCUT2D eigenvalue weighted by Crippen LogP contribution is -2.18. The summed E-state index contributed by atoms with van der Waals surface area (Å²) in [6.07, 6.45) is -4.89. The van der Waals surface area contributed by atoms with Crippen molar-refractivity contribution in [2.75, 3.05) is 7.11 Å². The van der Waals surface area contributed by atoms with Crippen LogP contribution in [0.25, 0.3) is 32.7 Å². The van der Waals surface area contributed by atoms with Crippen molar-refractivity contribution in [2.24, 2.45) is 0 Å². The van der Waals surface area contributed by atoms with Crippen LogP contribution in [0.2, 0.25) is 0 Å². The molecule has 4 aromatic rings. The molecule has 0 spiro atoms. The van der Waals surface area contributed by atoms with Gasteiger partial charge in [-0.05, 0) is 78.9 Å². The summed E-state index contributed by atoms with van der Waals surface area (Å²) in [5.41, 5.74) is 0.631. The quantitative estimate of drug-likeness (QED) is 0.212. The molecule has 0 N–H and O–H groups in total. The van der Waals surface area contributed by atoms with Crippen LogP contribution in [0.4, 0.5) is 13.2 Å². The Balaban J connectivity index is 2.27. The van der Waals surface area contributed by atoms with Crippen LogP contribution in [-0.4, -0.2) is 17.7 Å². The van der Waals surface area contributed by atoms with Crippen LogP contribution in [-0.2, 0) is 15.3 Å². The molecule has 160 valence electrons. The van der Waals surface area contributed by atoms with E-state index in [1.54, 1.807) is 30.3 Å². The summed E-state index contributed by atoms with van der Waals surface area (Å²) in [5, 5.41) is 2.76. The Kier molecular flexibility index (Phi) is 6.48. The van der Waals surface area contributed by atoms with Crippen molar-refractivity contribution in [2.45, 2.75) is 11.3 Å². The zero-order valence-corrected chi connectivity index (χ0v) is 20.9. The number of halogens is 5. The van der Waals surface area contributed by atoms with Gasteiger partial charge in [-0.25, -0.2) is 4.21 Å². The number of hydrogen-bond acceptors (Lipinski definition) is 3. The molecule has 3 nitrogen and oxygen atoms in total. The molecule has 1 unspecified atom stereocenters. The summed E-state index contributed by atoms with van der Waals surface area (Å²) in [5.74, 6) is -0.326. The summed E-state index contributed by atoms with van der Waals surface area (Å²) in [6.45, 7) is 0. The van der Waals surface area contributed by atoms with E-state index < -0.39 is 17.4 Å². The summed E-state index contributed by atoms with van der Waals surface area (Å²) >= 11 is 1.97. The molecule has 0 saturated heterocycles. The molecule has 0 fully saturated rings. The fourth-order valence-electron chi connectivity index (χ4n) is 3.55. The lowest BCUT2D eigenvalue weighted by Gasteiger charge is -2.21. The standard InChI is InChI=1S/C22H13F3I2O3S/c1-29-31(28)21-17(27)11-13-7-3-5-9-15(13)19(21)18-14-8-4-2-6-12(14)10-16(26)20(18)30-22(23,24)25/h2-11H,1H3. The summed E-state index contributed by atoms with van der Waals surface area (Å²) < 4.78 is 63.7. The van der Waals surface area contributed by atoms with E-state index in [4.69, 9.17) is 4.18 Å². The third kappa shape index (κ3) is 4.41. The number of fused-ring (bicyclic) bond motifs is 2. The Labute approximate surface area is 205 Å². The Morgan fingerprint density at radius 3 is 1.90 bits per heavy atom. The topological polar surface area (TPSA) is 35.5 Å². The normalized spacial score (nSPS) is 13.0. The maximum atomic E-state index is 13.4. The average molecular weight is 668 g/mol. The van der Waals surface area contributed by atoms with Crippen molar-refractivity contribution in [1.82, 2.24) is 0 Å². The first-order chi connectivity index (χ1) is 14.7. The number of hydrogen-bond donors (Lipinski definition) is 0. The van der Waals surface area contributed by atoms with Crippen molar-refractivity contribution in [3.05, 3.63) is 67.8 Å². The van der Waals surface area contributed by atoms with Gasteiger partial charge in [0, 0.05) is 14.7 Å². The largest absolute Gasteiger partial charge is 0.573 e. The first kappa shape index (κ1) is 22.7. The molecule has 0 aliphatic heterocycles. The minimum absolute atomic E-state index is 0.231. The predicted molar refractivity (Wildman–Crippen MR) is 132 cm³/mol. The maximum Gasteiger partial charge on any atom is 0.573 e. The SMILES string of the molecule is COS(=O)c1c(I)cc2ccccc2c1-c1c(OC(F)(F)F)c(I)cc2ccccc12. The summed E-state index contributed by atoms with van der Waals surface area (Å²) in [7, 11) is 1.30. The van der Waals surface area contributed by atoms with Gasteiger partial charge >= 0.3 is 6.36 Å². The monoisotopic (exact) mass is 668 g/mol. The van der Waals surface area contributed by atoms with E-state index >= 15 is 0 Å². The highest BCUT2D eigenvalue weighted by Crippen LogP contribution is 2.48. The second kappa shape index (κ2) is 8.83. The average Bonchev–Trinajstić information content (AvgIpc) is 2.72. The van der Waals surface area contributed by atoms with Crippen LogP contribution in [0.3, 0.4) is 0 Å². The first-order valence-corrected chi connectivity index (χ1v) is 12.1. The number of ether oxygens (including phenoxy) is 1. The minimum Gasteiger partial charge on any atom is -0.404 e. The van der Waals surface area contributed by atoms with Crippen molar-refractivity contribution < 1.29 is 26.3 Å². The molecule has 1 atom stereocenters. The molecular weight excluding hydrogens is 655 g/mol. The Morgan fingerprint density at radius 1 is 0.839 bits per heavy atom. The highest BCUT2D eigenvalue weighted by molar-refractivity contribution is 14.1. The van der Waals surface area contributed by atoms with Crippen LogP contribution in [0.1, 0.15) is 0 Å². The third-order valence-electron chi connectivity index (χ3n) is 4.70. The van der Waals surface area contributed by atoms with E-state index in [0.29, 0.717) is 28.4 Å². The van der Waals surface area contributed by atoms with Gasteiger partial charge in [0.1, 0.15) is 0 Å². The smallest absolute Gasteiger partial charge is 0.404 e. The molecule has 4 rings (SSSR count). The number of rotatable bonds is 4. The van der Waals surface area contributed by atoms with E-state index in [9.17, 15) is 17.4 Å². The molecule has 0 aromatic heterocycles. The molecular formula is C22H13F3I2O3S. The molecule has 31 heavy (non-hydrogen) atoms. The van der Waals surface area contributed by atoms with Gasteiger partial charge in [0.2, 0.25) is 0 Å². The maximum absolute atomic E-state index is 13.4. The molecule has 0 bridgehead atoms. The van der Waals surface area contributed by atoms with Gasteiger partial charge in [0.05, 0.1) is 15.6 Å². The van der Waals surface area contributed by atoms with Crippen LogP contribution < -0.4 is 4.74 Å². The van der Waals surface area contributed by atoms with Gasteiger partial charge in [-0.2, -0.15) is 0 Å².